The number of thiol groups is 1. The molecule has 0 saturated heterocycles. The predicted molar refractivity (Wildman–Crippen MR) is 48.9 cm³/mol. The van der Waals surface area contributed by atoms with Gasteiger partial charge in [0.15, 0.2) is 10.7 Å². The fourth-order valence-electron chi connectivity index (χ4n) is 0.876. The van der Waals surface area contributed by atoms with Gasteiger partial charge >= 0.3 is 0 Å². The van der Waals surface area contributed by atoms with Crippen LogP contribution in [0.25, 0.3) is 0 Å². The molecular formula is C8H10NO2S. The standard InChI is InChI=1S/C8H10NO2S/c1-9(7-12(10)11)8-5-3-2-4-6-8/h2-3,5-6,12H,7H2,1H3. The van der Waals surface area contributed by atoms with Crippen molar-refractivity contribution in [1.29, 1.82) is 0 Å². The largest absolute Gasteiger partial charge is 0.361 e. The lowest BCUT2D eigenvalue weighted by Crippen LogP contribution is -2.18. The third-order valence-corrected chi connectivity index (χ3v) is 2.11. The van der Waals surface area contributed by atoms with Crippen LogP contribution in [0.2, 0.25) is 0 Å². The number of benzene rings is 1. The molecule has 0 unspecified atom stereocenters. The highest BCUT2D eigenvalue weighted by molar-refractivity contribution is 7.72. The fourth-order valence-corrected chi connectivity index (χ4v) is 1.39. The molecule has 1 radical (unpaired) electrons. The van der Waals surface area contributed by atoms with Crippen molar-refractivity contribution in [1.82, 2.24) is 0 Å². The number of nitrogens with zero attached hydrogens (tertiary/aromatic N) is 1. The van der Waals surface area contributed by atoms with Crippen LogP contribution in [0, 0.1) is 6.07 Å². The predicted octanol–water partition coefficient (Wildman–Crippen LogP) is 0.492. The first kappa shape index (κ1) is 9.06. The molecule has 4 heteroatoms. The third kappa shape index (κ3) is 2.54. The highest BCUT2D eigenvalue weighted by Crippen LogP contribution is 2.09. The highest BCUT2D eigenvalue weighted by Gasteiger charge is 1.98. The van der Waals surface area contributed by atoms with Crippen molar-refractivity contribution >= 4 is 16.4 Å². The summed E-state index contributed by atoms with van der Waals surface area (Å²) in [5.41, 5.74) is 0.858. The van der Waals surface area contributed by atoms with E-state index >= 15 is 0 Å². The molecule has 12 heavy (non-hydrogen) atoms. The van der Waals surface area contributed by atoms with Gasteiger partial charge in [0.25, 0.3) is 0 Å². The maximum Gasteiger partial charge on any atom is 0.158 e. The quantitative estimate of drug-likeness (QED) is 0.695. The molecule has 0 saturated carbocycles. The molecule has 0 aliphatic rings. The molecule has 0 N–H and O–H groups in total. The first-order valence-corrected chi connectivity index (χ1v) is 4.85. The van der Waals surface area contributed by atoms with Crippen molar-refractivity contribution in [3.05, 3.63) is 30.3 Å². The molecule has 0 spiro atoms. The summed E-state index contributed by atoms with van der Waals surface area (Å²) in [7, 11) is -0.621. The van der Waals surface area contributed by atoms with Crippen LogP contribution in [-0.2, 0) is 10.7 Å². The van der Waals surface area contributed by atoms with E-state index < -0.39 is 10.7 Å². The minimum absolute atomic E-state index is 0.0488. The first-order chi connectivity index (χ1) is 5.70. The minimum atomic E-state index is -2.35. The summed E-state index contributed by atoms with van der Waals surface area (Å²) in [6, 6.07) is 10.1. The monoisotopic (exact) mass is 184 g/mol. The lowest BCUT2D eigenvalue weighted by molar-refractivity contribution is 0.613. The van der Waals surface area contributed by atoms with Gasteiger partial charge in [0.05, 0.1) is 0 Å². The van der Waals surface area contributed by atoms with E-state index in [2.05, 4.69) is 6.07 Å². The SMILES string of the molecule is CN(C[SH](=O)=O)c1c[c]ccc1. The molecule has 0 aromatic heterocycles. The van der Waals surface area contributed by atoms with E-state index in [1.165, 1.54) is 0 Å². The second-order valence-corrected chi connectivity index (χ2v) is 3.38. The van der Waals surface area contributed by atoms with Crippen molar-refractivity contribution in [2.45, 2.75) is 0 Å². The minimum Gasteiger partial charge on any atom is -0.361 e. The van der Waals surface area contributed by atoms with Gasteiger partial charge in [-0.15, -0.1) is 0 Å². The third-order valence-electron chi connectivity index (χ3n) is 1.46. The fraction of sp³-hybridized carbons (Fsp3) is 0.250. The molecule has 0 atom stereocenters. The Bertz CT molecular complexity index is 300. The van der Waals surface area contributed by atoms with Crippen LogP contribution >= 0.6 is 0 Å². The van der Waals surface area contributed by atoms with E-state index in [-0.39, 0.29) is 5.88 Å². The molecule has 0 heterocycles. The summed E-state index contributed by atoms with van der Waals surface area (Å²) in [5, 5.41) is 0. The van der Waals surface area contributed by atoms with Gasteiger partial charge in [0, 0.05) is 12.7 Å². The normalized spacial score (nSPS) is 10.2. The Hall–Kier alpha value is -1.03. The summed E-state index contributed by atoms with van der Waals surface area (Å²) in [4.78, 5) is 1.65. The Kier molecular flexibility index (Phi) is 3.10. The summed E-state index contributed by atoms with van der Waals surface area (Å²) in [5.74, 6) is 0.0488. The lowest BCUT2D eigenvalue weighted by atomic mass is 10.3. The Morgan fingerprint density at radius 2 is 2.33 bits per heavy atom. The smallest absolute Gasteiger partial charge is 0.158 e. The van der Waals surface area contributed by atoms with Crippen LogP contribution in [-0.4, -0.2) is 21.3 Å². The number of anilines is 1. The van der Waals surface area contributed by atoms with Crippen LogP contribution in [0.4, 0.5) is 5.69 Å². The molecule has 3 nitrogen and oxygen atoms in total. The first-order valence-electron chi connectivity index (χ1n) is 3.49. The summed E-state index contributed by atoms with van der Waals surface area (Å²) >= 11 is 0. The zero-order valence-electron chi connectivity index (χ0n) is 6.73. The zero-order chi connectivity index (χ0) is 8.97. The van der Waals surface area contributed by atoms with Crippen LogP contribution in [0.3, 0.4) is 0 Å². The highest BCUT2D eigenvalue weighted by atomic mass is 32.2. The van der Waals surface area contributed by atoms with E-state index in [1.807, 2.05) is 12.1 Å². The van der Waals surface area contributed by atoms with Gasteiger partial charge in [-0.1, -0.05) is 12.1 Å². The molecule has 0 aliphatic carbocycles. The molecule has 65 valence electrons. The van der Waals surface area contributed by atoms with E-state index in [1.54, 1.807) is 24.1 Å². The van der Waals surface area contributed by atoms with Gasteiger partial charge in [-0.3, -0.25) is 0 Å². The average molecular weight is 184 g/mol. The maximum absolute atomic E-state index is 10.4. The summed E-state index contributed by atoms with van der Waals surface area (Å²) in [6.07, 6.45) is 0. The van der Waals surface area contributed by atoms with Gasteiger partial charge in [0.2, 0.25) is 0 Å². The van der Waals surface area contributed by atoms with Crippen LogP contribution in [0.1, 0.15) is 0 Å². The molecule has 0 fully saturated rings. The van der Waals surface area contributed by atoms with E-state index in [9.17, 15) is 8.42 Å². The second-order valence-electron chi connectivity index (χ2n) is 2.43. The van der Waals surface area contributed by atoms with Gasteiger partial charge in [-0.25, -0.2) is 8.42 Å². The number of hydrogen-bond donors (Lipinski definition) is 1. The molecule has 0 amide bonds. The average Bonchev–Trinajstić information content (AvgIpc) is 2.05. The van der Waals surface area contributed by atoms with Crippen molar-refractivity contribution in [2.75, 3.05) is 17.8 Å². The Labute approximate surface area is 73.6 Å². The summed E-state index contributed by atoms with van der Waals surface area (Å²) < 4.78 is 20.7. The molecule has 0 aliphatic heterocycles. The van der Waals surface area contributed by atoms with Gasteiger partial charge in [-0.05, 0) is 18.2 Å². The zero-order valence-corrected chi connectivity index (χ0v) is 7.62. The molecule has 1 aromatic carbocycles. The van der Waals surface area contributed by atoms with Gasteiger partial charge < -0.3 is 4.90 Å². The number of hydrogen-bond acceptors (Lipinski definition) is 3. The van der Waals surface area contributed by atoms with E-state index in [4.69, 9.17) is 0 Å². The second kappa shape index (κ2) is 4.11. The Morgan fingerprint density at radius 3 is 2.83 bits per heavy atom. The molecule has 0 bridgehead atoms. The van der Waals surface area contributed by atoms with Crippen molar-refractivity contribution in [3.63, 3.8) is 0 Å². The van der Waals surface area contributed by atoms with E-state index in [0.717, 1.165) is 5.69 Å². The molecular weight excluding hydrogens is 174 g/mol. The topological polar surface area (TPSA) is 37.4 Å². The maximum atomic E-state index is 10.4. The van der Waals surface area contributed by atoms with Crippen molar-refractivity contribution in [3.8, 4) is 0 Å². The number of rotatable bonds is 3. The van der Waals surface area contributed by atoms with Crippen LogP contribution in [0.5, 0.6) is 0 Å². The van der Waals surface area contributed by atoms with Gasteiger partial charge in [-0.2, -0.15) is 0 Å². The van der Waals surface area contributed by atoms with Crippen LogP contribution in [0.15, 0.2) is 24.3 Å². The Morgan fingerprint density at radius 1 is 1.58 bits per heavy atom. The lowest BCUT2D eigenvalue weighted by Gasteiger charge is -2.14. The van der Waals surface area contributed by atoms with Crippen molar-refractivity contribution in [2.24, 2.45) is 0 Å². The molecule has 1 rings (SSSR count). The Balaban J connectivity index is 2.71. The van der Waals surface area contributed by atoms with Crippen LogP contribution < -0.4 is 4.90 Å². The molecule has 1 aromatic rings. The van der Waals surface area contributed by atoms with E-state index in [0.29, 0.717) is 0 Å². The summed E-state index contributed by atoms with van der Waals surface area (Å²) in [6.45, 7) is 0. The van der Waals surface area contributed by atoms with Gasteiger partial charge in [0.1, 0.15) is 5.88 Å². The van der Waals surface area contributed by atoms with Crippen molar-refractivity contribution < 1.29 is 8.42 Å².